The van der Waals surface area contributed by atoms with Gasteiger partial charge in [0.15, 0.2) is 0 Å². The molecule has 1 saturated carbocycles. The first-order valence-electron chi connectivity index (χ1n) is 8.91. The largest absolute Gasteiger partial charge is 0.492 e. The van der Waals surface area contributed by atoms with E-state index in [0.29, 0.717) is 24.6 Å². The van der Waals surface area contributed by atoms with Gasteiger partial charge in [0, 0.05) is 19.4 Å². The molecular weight excluding hydrogens is 304 g/mol. The normalized spacial score (nSPS) is 14.9. The molecule has 0 bridgehead atoms. The maximum absolute atomic E-state index is 12.2. The zero-order chi connectivity index (χ0) is 17.4. The summed E-state index contributed by atoms with van der Waals surface area (Å²) in [6, 6.07) is 5.76. The summed E-state index contributed by atoms with van der Waals surface area (Å²) in [6.45, 7) is 4.55. The van der Waals surface area contributed by atoms with Gasteiger partial charge in [0.25, 0.3) is 0 Å². The number of hydrogen-bond acceptors (Lipinski definition) is 3. The third-order valence-corrected chi connectivity index (χ3v) is 4.34. The molecule has 0 radical (unpaired) electrons. The number of carbonyl (C=O) groups is 2. The van der Waals surface area contributed by atoms with Crippen LogP contribution in [0, 0.1) is 5.92 Å². The van der Waals surface area contributed by atoms with Crippen molar-refractivity contribution in [3.63, 3.8) is 0 Å². The Labute approximate surface area is 144 Å². The summed E-state index contributed by atoms with van der Waals surface area (Å²) in [7, 11) is 0. The molecular formula is C19H28N2O3. The van der Waals surface area contributed by atoms with Gasteiger partial charge < -0.3 is 15.4 Å². The molecule has 2 rings (SSSR count). The van der Waals surface area contributed by atoms with Gasteiger partial charge in [0.1, 0.15) is 5.75 Å². The minimum absolute atomic E-state index is 0.126. The van der Waals surface area contributed by atoms with Gasteiger partial charge in [-0.2, -0.15) is 0 Å². The molecule has 1 aromatic carbocycles. The van der Waals surface area contributed by atoms with Crippen molar-refractivity contribution >= 4 is 17.5 Å². The van der Waals surface area contributed by atoms with E-state index in [1.165, 1.54) is 13.3 Å². The van der Waals surface area contributed by atoms with Gasteiger partial charge in [0.2, 0.25) is 11.8 Å². The molecule has 2 amide bonds. The van der Waals surface area contributed by atoms with Crippen molar-refractivity contribution < 1.29 is 14.3 Å². The summed E-state index contributed by atoms with van der Waals surface area (Å²) in [5, 5.41) is 5.84. The predicted molar refractivity (Wildman–Crippen MR) is 95.2 cm³/mol. The number of nitrogens with one attached hydrogen (secondary N) is 2. The molecule has 0 atom stereocenters. The summed E-state index contributed by atoms with van der Waals surface area (Å²) in [5.41, 5.74) is 1.74. The molecule has 1 aliphatic rings. The van der Waals surface area contributed by atoms with E-state index < -0.39 is 0 Å². The third kappa shape index (κ3) is 5.55. The molecule has 0 aliphatic heterocycles. The number of hydrogen-bond donors (Lipinski definition) is 2. The second-order valence-corrected chi connectivity index (χ2v) is 6.32. The van der Waals surface area contributed by atoms with E-state index >= 15 is 0 Å². The van der Waals surface area contributed by atoms with Crippen molar-refractivity contribution in [1.29, 1.82) is 0 Å². The molecule has 0 aromatic heterocycles. The van der Waals surface area contributed by atoms with Gasteiger partial charge in [-0.05, 0) is 43.9 Å². The van der Waals surface area contributed by atoms with Crippen LogP contribution in [0.3, 0.4) is 0 Å². The predicted octanol–water partition coefficient (Wildman–Crippen LogP) is 3.28. The van der Waals surface area contributed by atoms with E-state index in [0.717, 1.165) is 37.7 Å². The van der Waals surface area contributed by atoms with Crippen LogP contribution < -0.4 is 15.4 Å². The van der Waals surface area contributed by atoms with Crippen molar-refractivity contribution in [3.8, 4) is 5.75 Å². The van der Waals surface area contributed by atoms with Gasteiger partial charge in [-0.15, -0.1) is 0 Å². The van der Waals surface area contributed by atoms with Crippen molar-refractivity contribution in [2.75, 3.05) is 18.5 Å². The van der Waals surface area contributed by atoms with E-state index in [9.17, 15) is 9.59 Å². The Balaban J connectivity index is 1.89. The average molecular weight is 332 g/mol. The van der Waals surface area contributed by atoms with Crippen LogP contribution in [0.4, 0.5) is 5.69 Å². The fourth-order valence-electron chi connectivity index (χ4n) is 3.14. The lowest BCUT2D eigenvalue weighted by molar-refractivity contribution is -0.125. The van der Waals surface area contributed by atoms with Crippen LogP contribution >= 0.6 is 0 Å². The summed E-state index contributed by atoms with van der Waals surface area (Å²) in [4.78, 5) is 23.5. The van der Waals surface area contributed by atoms with Crippen LogP contribution in [0.1, 0.15) is 51.5 Å². The first kappa shape index (κ1) is 18.3. The van der Waals surface area contributed by atoms with Crippen LogP contribution in [0.5, 0.6) is 5.75 Å². The van der Waals surface area contributed by atoms with E-state index in [-0.39, 0.29) is 17.7 Å². The molecule has 5 heteroatoms. The fraction of sp³-hybridized carbons (Fsp3) is 0.579. The molecule has 1 fully saturated rings. The number of carbonyl (C=O) groups excluding carboxylic acids is 2. The van der Waals surface area contributed by atoms with Crippen molar-refractivity contribution in [2.24, 2.45) is 5.92 Å². The van der Waals surface area contributed by atoms with Gasteiger partial charge in [-0.1, -0.05) is 25.3 Å². The Morgan fingerprint density at radius 3 is 2.62 bits per heavy atom. The highest BCUT2D eigenvalue weighted by atomic mass is 16.5. The van der Waals surface area contributed by atoms with E-state index in [1.807, 2.05) is 25.1 Å². The second kappa shape index (κ2) is 9.30. The highest BCUT2D eigenvalue weighted by Crippen LogP contribution is 2.26. The minimum atomic E-state index is -0.126. The van der Waals surface area contributed by atoms with Crippen molar-refractivity contribution in [3.05, 3.63) is 23.8 Å². The zero-order valence-electron chi connectivity index (χ0n) is 14.7. The third-order valence-electron chi connectivity index (χ3n) is 4.34. The fourth-order valence-corrected chi connectivity index (χ4v) is 3.14. The van der Waals surface area contributed by atoms with E-state index in [2.05, 4.69) is 10.6 Å². The number of anilines is 1. The van der Waals surface area contributed by atoms with Crippen molar-refractivity contribution in [2.45, 2.75) is 52.4 Å². The standard InChI is InChI=1S/C19H28N2O3/c1-3-24-18-10-9-15(13-17(18)21-14(2)22)11-12-20-19(23)16-7-5-4-6-8-16/h9-10,13,16H,3-8,11-12H2,1-2H3,(H,20,23)(H,21,22). The monoisotopic (exact) mass is 332 g/mol. The van der Waals surface area contributed by atoms with Gasteiger partial charge in [-0.25, -0.2) is 0 Å². The first-order chi connectivity index (χ1) is 11.6. The second-order valence-electron chi connectivity index (χ2n) is 6.32. The lowest BCUT2D eigenvalue weighted by Gasteiger charge is -2.20. The quantitative estimate of drug-likeness (QED) is 0.805. The highest BCUT2D eigenvalue weighted by molar-refractivity contribution is 5.90. The number of rotatable bonds is 7. The molecule has 0 heterocycles. The molecule has 24 heavy (non-hydrogen) atoms. The van der Waals surface area contributed by atoms with Gasteiger partial charge >= 0.3 is 0 Å². The Bertz CT molecular complexity index is 566. The SMILES string of the molecule is CCOc1ccc(CCNC(=O)C2CCCCC2)cc1NC(C)=O. The summed E-state index contributed by atoms with van der Waals surface area (Å²) < 4.78 is 5.53. The van der Waals surface area contributed by atoms with Crippen LogP contribution in [0.15, 0.2) is 18.2 Å². The number of ether oxygens (including phenoxy) is 1. The maximum Gasteiger partial charge on any atom is 0.223 e. The lowest BCUT2D eigenvalue weighted by Crippen LogP contribution is -2.33. The Kier molecular flexibility index (Phi) is 7.09. The van der Waals surface area contributed by atoms with Crippen LogP contribution in [-0.4, -0.2) is 25.0 Å². The maximum atomic E-state index is 12.2. The topological polar surface area (TPSA) is 67.4 Å². The van der Waals surface area contributed by atoms with Gasteiger partial charge in [-0.3, -0.25) is 9.59 Å². The summed E-state index contributed by atoms with van der Waals surface area (Å²) >= 11 is 0. The molecule has 0 spiro atoms. The summed E-state index contributed by atoms with van der Waals surface area (Å²) in [5.74, 6) is 0.915. The van der Waals surface area contributed by atoms with E-state index in [1.54, 1.807) is 0 Å². The smallest absolute Gasteiger partial charge is 0.223 e. The zero-order valence-corrected chi connectivity index (χ0v) is 14.7. The molecule has 0 saturated heterocycles. The molecule has 2 N–H and O–H groups in total. The first-order valence-corrected chi connectivity index (χ1v) is 8.91. The number of benzene rings is 1. The Hall–Kier alpha value is -2.04. The van der Waals surface area contributed by atoms with Gasteiger partial charge in [0.05, 0.1) is 12.3 Å². The van der Waals surface area contributed by atoms with Crippen LogP contribution in [0.25, 0.3) is 0 Å². The Morgan fingerprint density at radius 1 is 1.21 bits per heavy atom. The minimum Gasteiger partial charge on any atom is -0.492 e. The molecule has 132 valence electrons. The molecule has 5 nitrogen and oxygen atoms in total. The number of amides is 2. The van der Waals surface area contributed by atoms with Crippen molar-refractivity contribution in [1.82, 2.24) is 5.32 Å². The Morgan fingerprint density at radius 2 is 1.96 bits per heavy atom. The lowest BCUT2D eigenvalue weighted by atomic mass is 9.88. The highest BCUT2D eigenvalue weighted by Gasteiger charge is 2.20. The van der Waals surface area contributed by atoms with E-state index in [4.69, 9.17) is 4.74 Å². The molecule has 0 unspecified atom stereocenters. The molecule has 1 aliphatic carbocycles. The van der Waals surface area contributed by atoms with Crippen LogP contribution in [-0.2, 0) is 16.0 Å². The average Bonchev–Trinajstić information content (AvgIpc) is 2.57. The van der Waals surface area contributed by atoms with Crippen LogP contribution in [0.2, 0.25) is 0 Å². The summed E-state index contributed by atoms with van der Waals surface area (Å²) in [6.07, 6.45) is 6.34. The molecule has 1 aromatic rings.